The SMILES string of the molecule is CCCC1(C=C(C)C(=O)O)CCCCC1. The third-order valence-corrected chi connectivity index (χ3v) is 3.46. The zero-order valence-corrected chi connectivity index (χ0v) is 9.88. The van der Waals surface area contributed by atoms with Gasteiger partial charge in [-0.25, -0.2) is 4.79 Å². The van der Waals surface area contributed by atoms with E-state index < -0.39 is 5.97 Å². The van der Waals surface area contributed by atoms with Gasteiger partial charge in [-0.05, 0) is 31.6 Å². The van der Waals surface area contributed by atoms with E-state index in [9.17, 15) is 4.79 Å². The molecule has 2 nitrogen and oxygen atoms in total. The lowest BCUT2D eigenvalue weighted by molar-refractivity contribution is -0.132. The zero-order valence-electron chi connectivity index (χ0n) is 9.88. The summed E-state index contributed by atoms with van der Waals surface area (Å²) in [4.78, 5) is 10.9. The normalized spacial score (nSPS) is 21.3. The fourth-order valence-electron chi connectivity index (χ4n) is 2.74. The highest BCUT2D eigenvalue weighted by molar-refractivity contribution is 5.85. The number of allylic oxidation sites excluding steroid dienone is 1. The third kappa shape index (κ3) is 3.37. The zero-order chi connectivity index (χ0) is 11.3. The van der Waals surface area contributed by atoms with Crippen LogP contribution in [0.15, 0.2) is 11.6 Å². The van der Waals surface area contributed by atoms with Crippen LogP contribution in [0.5, 0.6) is 0 Å². The molecule has 1 N–H and O–H groups in total. The molecule has 1 aliphatic carbocycles. The highest BCUT2D eigenvalue weighted by atomic mass is 16.4. The first-order valence-corrected chi connectivity index (χ1v) is 6.02. The molecule has 1 rings (SSSR count). The molecule has 0 aromatic heterocycles. The summed E-state index contributed by atoms with van der Waals surface area (Å²) in [5.74, 6) is -0.768. The van der Waals surface area contributed by atoms with Gasteiger partial charge < -0.3 is 5.11 Å². The summed E-state index contributed by atoms with van der Waals surface area (Å²) in [6, 6.07) is 0. The first-order valence-electron chi connectivity index (χ1n) is 6.02. The van der Waals surface area contributed by atoms with Crippen molar-refractivity contribution < 1.29 is 9.90 Å². The smallest absolute Gasteiger partial charge is 0.330 e. The Balaban J connectivity index is 2.80. The maximum Gasteiger partial charge on any atom is 0.330 e. The van der Waals surface area contributed by atoms with Gasteiger partial charge in [0.05, 0.1) is 0 Å². The molecule has 15 heavy (non-hydrogen) atoms. The minimum absolute atomic E-state index is 0.190. The molecule has 1 saturated carbocycles. The van der Waals surface area contributed by atoms with Crippen molar-refractivity contribution >= 4 is 5.97 Å². The minimum atomic E-state index is -0.768. The number of rotatable bonds is 4. The number of carboxylic acids is 1. The first-order chi connectivity index (χ1) is 7.09. The Kier molecular flexibility index (Phi) is 4.37. The summed E-state index contributed by atoms with van der Waals surface area (Å²) in [6.07, 6.45) is 10.5. The average molecular weight is 210 g/mol. The molecule has 1 fully saturated rings. The molecule has 0 aliphatic heterocycles. The lowest BCUT2D eigenvalue weighted by Gasteiger charge is -2.35. The number of aliphatic carboxylic acids is 1. The highest BCUT2D eigenvalue weighted by Gasteiger charge is 2.29. The van der Waals surface area contributed by atoms with Gasteiger partial charge in [0.15, 0.2) is 0 Å². The molecule has 0 atom stereocenters. The van der Waals surface area contributed by atoms with E-state index in [1.165, 1.54) is 32.1 Å². The molecule has 0 radical (unpaired) electrons. The number of carbonyl (C=O) groups is 1. The van der Waals surface area contributed by atoms with Crippen molar-refractivity contribution in [3.8, 4) is 0 Å². The van der Waals surface area contributed by atoms with Gasteiger partial charge in [0.2, 0.25) is 0 Å². The summed E-state index contributed by atoms with van der Waals surface area (Å²) >= 11 is 0. The van der Waals surface area contributed by atoms with Crippen molar-refractivity contribution in [2.24, 2.45) is 5.41 Å². The largest absolute Gasteiger partial charge is 0.478 e. The summed E-state index contributed by atoms with van der Waals surface area (Å²) in [5, 5.41) is 8.93. The maximum atomic E-state index is 10.9. The minimum Gasteiger partial charge on any atom is -0.478 e. The van der Waals surface area contributed by atoms with E-state index >= 15 is 0 Å². The van der Waals surface area contributed by atoms with Gasteiger partial charge in [-0.2, -0.15) is 0 Å². The van der Waals surface area contributed by atoms with Gasteiger partial charge in [0.1, 0.15) is 0 Å². The molecule has 0 amide bonds. The van der Waals surface area contributed by atoms with Crippen LogP contribution in [0.1, 0.15) is 58.8 Å². The van der Waals surface area contributed by atoms with Crippen molar-refractivity contribution in [1.29, 1.82) is 0 Å². The molecule has 0 aromatic rings. The molecule has 0 heterocycles. The molecule has 0 saturated heterocycles. The predicted molar refractivity (Wildman–Crippen MR) is 61.8 cm³/mol. The molecule has 0 spiro atoms. The molecule has 0 aromatic carbocycles. The van der Waals surface area contributed by atoms with Crippen molar-refractivity contribution in [2.75, 3.05) is 0 Å². The van der Waals surface area contributed by atoms with Gasteiger partial charge in [0, 0.05) is 5.57 Å². The molecular weight excluding hydrogens is 188 g/mol. The van der Waals surface area contributed by atoms with Crippen LogP contribution in [-0.2, 0) is 4.79 Å². The van der Waals surface area contributed by atoms with Crippen LogP contribution in [0.25, 0.3) is 0 Å². The molecule has 2 heteroatoms. The maximum absolute atomic E-state index is 10.9. The topological polar surface area (TPSA) is 37.3 Å². The number of carboxylic acid groups (broad SMARTS) is 1. The van der Waals surface area contributed by atoms with E-state index in [0.717, 1.165) is 12.8 Å². The van der Waals surface area contributed by atoms with Gasteiger partial charge in [-0.1, -0.05) is 38.7 Å². The Morgan fingerprint density at radius 2 is 1.93 bits per heavy atom. The summed E-state index contributed by atoms with van der Waals surface area (Å²) in [5.41, 5.74) is 0.709. The van der Waals surface area contributed by atoms with Crippen LogP contribution in [0.3, 0.4) is 0 Å². The fourth-order valence-corrected chi connectivity index (χ4v) is 2.74. The van der Waals surface area contributed by atoms with Crippen LogP contribution in [0, 0.1) is 5.41 Å². The van der Waals surface area contributed by atoms with Gasteiger partial charge in [-0.15, -0.1) is 0 Å². The van der Waals surface area contributed by atoms with Gasteiger partial charge >= 0.3 is 5.97 Å². The second kappa shape index (κ2) is 5.34. The summed E-state index contributed by atoms with van der Waals surface area (Å²) in [7, 11) is 0. The Hall–Kier alpha value is -0.790. The van der Waals surface area contributed by atoms with E-state index in [1.807, 2.05) is 6.08 Å². The fraction of sp³-hybridized carbons (Fsp3) is 0.769. The molecule has 86 valence electrons. The quantitative estimate of drug-likeness (QED) is 0.717. The monoisotopic (exact) mass is 210 g/mol. The predicted octanol–water partition coefficient (Wildman–Crippen LogP) is 3.77. The number of hydrogen-bond donors (Lipinski definition) is 1. The van der Waals surface area contributed by atoms with Crippen LogP contribution in [0.2, 0.25) is 0 Å². The molecular formula is C13H22O2. The average Bonchev–Trinajstić information content (AvgIpc) is 2.19. The molecule has 1 aliphatic rings. The van der Waals surface area contributed by atoms with Gasteiger partial charge in [0.25, 0.3) is 0 Å². The highest BCUT2D eigenvalue weighted by Crippen LogP contribution is 2.42. The lowest BCUT2D eigenvalue weighted by Crippen LogP contribution is -2.22. The molecule has 0 unspecified atom stereocenters. The second-order valence-electron chi connectivity index (χ2n) is 4.81. The van der Waals surface area contributed by atoms with Crippen LogP contribution in [-0.4, -0.2) is 11.1 Å². The van der Waals surface area contributed by atoms with Gasteiger partial charge in [-0.3, -0.25) is 0 Å². The summed E-state index contributed by atoms with van der Waals surface area (Å²) in [6.45, 7) is 3.90. The summed E-state index contributed by atoms with van der Waals surface area (Å²) < 4.78 is 0. The van der Waals surface area contributed by atoms with Crippen LogP contribution >= 0.6 is 0 Å². The van der Waals surface area contributed by atoms with E-state index in [4.69, 9.17) is 5.11 Å². The second-order valence-corrected chi connectivity index (χ2v) is 4.81. The number of hydrogen-bond acceptors (Lipinski definition) is 1. The van der Waals surface area contributed by atoms with E-state index in [1.54, 1.807) is 6.92 Å². The van der Waals surface area contributed by atoms with E-state index in [0.29, 0.717) is 5.57 Å². The molecule has 0 bridgehead atoms. The van der Waals surface area contributed by atoms with Crippen LogP contribution in [0.4, 0.5) is 0 Å². The standard InChI is InChI=1S/C13H22O2/c1-3-7-13(8-5-4-6-9-13)10-11(2)12(14)15/h10H,3-9H2,1-2H3,(H,14,15). The van der Waals surface area contributed by atoms with E-state index in [-0.39, 0.29) is 5.41 Å². The Bertz CT molecular complexity index is 242. The Morgan fingerprint density at radius 3 is 2.40 bits per heavy atom. The van der Waals surface area contributed by atoms with Crippen molar-refractivity contribution in [2.45, 2.75) is 58.8 Å². The lowest BCUT2D eigenvalue weighted by atomic mass is 9.70. The third-order valence-electron chi connectivity index (χ3n) is 3.46. The van der Waals surface area contributed by atoms with Crippen molar-refractivity contribution in [3.05, 3.63) is 11.6 Å². The van der Waals surface area contributed by atoms with E-state index in [2.05, 4.69) is 6.92 Å². The first kappa shape index (κ1) is 12.3. The Labute approximate surface area is 92.4 Å². The van der Waals surface area contributed by atoms with Crippen molar-refractivity contribution in [3.63, 3.8) is 0 Å². The van der Waals surface area contributed by atoms with Crippen LogP contribution < -0.4 is 0 Å². The van der Waals surface area contributed by atoms with Crippen molar-refractivity contribution in [1.82, 2.24) is 0 Å². The Morgan fingerprint density at radius 1 is 1.33 bits per heavy atom.